The largest absolute Gasteiger partial charge is 0.462 e. The second-order valence-electron chi connectivity index (χ2n) is 21.2. The van der Waals surface area contributed by atoms with Crippen molar-refractivity contribution >= 4 is 17.9 Å². The molecule has 0 spiro atoms. The van der Waals surface area contributed by atoms with Gasteiger partial charge in [-0.1, -0.05) is 288 Å². The molecule has 0 heterocycles. The molecule has 0 bridgehead atoms. The molecule has 0 saturated heterocycles. The van der Waals surface area contributed by atoms with E-state index >= 15 is 0 Å². The van der Waals surface area contributed by atoms with Crippen molar-refractivity contribution in [3.8, 4) is 0 Å². The molecule has 0 aromatic carbocycles. The first-order valence-corrected chi connectivity index (χ1v) is 33.0. The van der Waals surface area contributed by atoms with Gasteiger partial charge in [-0.15, -0.1) is 0 Å². The number of allylic oxidation sites excluding steroid dienone is 26. The highest BCUT2D eigenvalue weighted by Crippen LogP contribution is 2.16. The molecule has 456 valence electrons. The Balaban J connectivity index is 4.35. The summed E-state index contributed by atoms with van der Waals surface area (Å²) in [6, 6.07) is 0. The lowest BCUT2D eigenvalue weighted by Gasteiger charge is -2.18. The maximum atomic E-state index is 12.9. The van der Waals surface area contributed by atoms with Crippen molar-refractivity contribution < 1.29 is 28.6 Å². The first-order valence-electron chi connectivity index (χ1n) is 33.0. The minimum absolute atomic E-state index is 0.113. The lowest BCUT2D eigenvalue weighted by molar-refractivity contribution is -0.166. The van der Waals surface area contributed by atoms with E-state index in [2.05, 4.69) is 173 Å². The first-order chi connectivity index (χ1) is 40.0. The molecule has 0 amide bonds. The fraction of sp³-hybridized carbons (Fsp3) is 0.613. The van der Waals surface area contributed by atoms with Crippen LogP contribution in [0.15, 0.2) is 158 Å². The van der Waals surface area contributed by atoms with Crippen molar-refractivity contribution in [2.45, 2.75) is 284 Å². The van der Waals surface area contributed by atoms with E-state index < -0.39 is 6.10 Å². The number of hydrogen-bond donors (Lipinski definition) is 0. The van der Waals surface area contributed by atoms with E-state index in [9.17, 15) is 14.4 Å². The van der Waals surface area contributed by atoms with Crippen LogP contribution in [0.3, 0.4) is 0 Å². The van der Waals surface area contributed by atoms with Crippen molar-refractivity contribution in [2.24, 2.45) is 0 Å². The van der Waals surface area contributed by atoms with Gasteiger partial charge in [-0.2, -0.15) is 0 Å². The molecule has 0 rings (SSSR count). The van der Waals surface area contributed by atoms with E-state index in [-0.39, 0.29) is 44.0 Å². The monoisotopic (exact) mass is 1120 g/mol. The molecule has 6 nitrogen and oxygen atoms in total. The molecule has 0 N–H and O–H groups in total. The van der Waals surface area contributed by atoms with Crippen LogP contribution in [-0.4, -0.2) is 37.2 Å². The second kappa shape index (κ2) is 67.5. The van der Waals surface area contributed by atoms with Gasteiger partial charge in [0.1, 0.15) is 13.2 Å². The van der Waals surface area contributed by atoms with Crippen LogP contribution >= 0.6 is 0 Å². The third kappa shape index (κ3) is 65.7. The Kier molecular flexibility index (Phi) is 63.4. The Labute approximate surface area is 499 Å². The van der Waals surface area contributed by atoms with Gasteiger partial charge in [0.2, 0.25) is 0 Å². The van der Waals surface area contributed by atoms with E-state index in [1.807, 2.05) is 6.08 Å². The summed E-state index contributed by atoms with van der Waals surface area (Å²) < 4.78 is 16.8. The van der Waals surface area contributed by atoms with Crippen molar-refractivity contribution in [2.75, 3.05) is 13.2 Å². The highest BCUT2D eigenvalue weighted by Gasteiger charge is 2.19. The number of ether oxygens (including phenoxy) is 3. The summed E-state index contributed by atoms with van der Waals surface area (Å²) >= 11 is 0. The van der Waals surface area contributed by atoms with Gasteiger partial charge in [0.05, 0.1) is 0 Å². The average molecular weight is 1120 g/mol. The van der Waals surface area contributed by atoms with Crippen LogP contribution in [0.1, 0.15) is 278 Å². The number of esters is 3. The number of rotatable bonds is 58. The Bertz CT molecular complexity index is 1810. The van der Waals surface area contributed by atoms with Crippen molar-refractivity contribution in [1.29, 1.82) is 0 Å². The number of carbonyl (C=O) groups excluding carboxylic acids is 3. The van der Waals surface area contributed by atoms with E-state index in [0.29, 0.717) is 12.8 Å². The Morgan fingerprint density at radius 3 is 0.765 bits per heavy atom. The van der Waals surface area contributed by atoms with Crippen LogP contribution in [0.25, 0.3) is 0 Å². The zero-order chi connectivity index (χ0) is 58.5. The Morgan fingerprint density at radius 2 is 0.469 bits per heavy atom. The lowest BCUT2D eigenvalue weighted by atomic mass is 10.0. The molecule has 1 unspecified atom stereocenters. The summed E-state index contributed by atoms with van der Waals surface area (Å²) in [6.07, 6.45) is 98.5. The third-order valence-electron chi connectivity index (χ3n) is 13.5. The molecule has 81 heavy (non-hydrogen) atoms. The lowest BCUT2D eigenvalue weighted by Crippen LogP contribution is -2.30. The summed E-state index contributed by atoms with van der Waals surface area (Å²) in [5.41, 5.74) is 0. The van der Waals surface area contributed by atoms with Gasteiger partial charge in [-0.05, 0) is 128 Å². The summed E-state index contributed by atoms with van der Waals surface area (Å²) in [4.78, 5) is 38.3. The summed E-state index contributed by atoms with van der Waals surface area (Å²) in [6.45, 7) is 6.22. The van der Waals surface area contributed by atoms with Gasteiger partial charge >= 0.3 is 17.9 Å². The third-order valence-corrected chi connectivity index (χ3v) is 13.5. The van der Waals surface area contributed by atoms with E-state index in [4.69, 9.17) is 14.2 Å². The van der Waals surface area contributed by atoms with Gasteiger partial charge in [0, 0.05) is 19.3 Å². The summed E-state index contributed by atoms with van der Waals surface area (Å²) in [5, 5.41) is 0. The van der Waals surface area contributed by atoms with Gasteiger partial charge in [-0.25, -0.2) is 0 Å². The quantitative estimate of drug-likeness (QED) is 0.0261. The zero-order valence-electron chi connectivity index (χ0n) is 52.2. The highest BCUT2D eigenvalue weighted by atomic mass is 16.6. The Morgan fingerprint density at radius 1 is 0.247 bits per heavy atom. The van der Waals surface area contributed by atoms with Gasteiger partial charge in [0.25, 0.3) is 0 Å². The van der Waals surface area contributed by atoms with E-state index in [0.717, 1.165) is 141 Å². The second-order valence-corrected chi connectivity index (χ2v) is 21.2. The molecule has 0 aliphatic heterocycles. The van der Waals surface area contributed by atoms with Crippen LogP contribution in [-0.2, 0) is 28.6 Å². The van der Waals surface area contributed by atoms with E-state index in [1.165, 1.54) is 89.9 Å². The number of hydrogen-bond acceptors (Lipinski definition) is 6. The molecule has 0 aliphatic rings. The zero-order valence-corrected chi connectivity index (χ0v) is 52.2. The SMILES string of the molecule is CC/C=C\C/C=C\C/C=C\C/C=C\C/C=C\CCCCCCCC(=O)OC(COC(=O)CC/C=C\C/C=C\C/C=C\C/C=C\CC)COC(=O)CCCCCCCCCCCCCCCCCC/C=C\C/C=C\C/C=C\C/C=C\CC. The van der Waals surface area contributed by atoms with E-state index in [1.54, 1.807) is 0 Å². The summed E-state index contributed by atoms with van der Waals surface area (Å²) in [5.74, 6) is -1.02. The van der Waals surface area contributed by atoms with Crippen molar-refractivity contribution in [3.05, 3.63) is 158 Å². The van der Waals surface area contributed by atoms with Crippen LogP contribution in [0.2, 0.25) is 0 Å². The van der Waals surface area contributed by atoms with Crippen LogP contribution in [0.5, 0.6) is 0 Å². The minimum atomic E-state index is -0.825. The van der Waals surface area contributed by atoms with Crippen molar-refractivity contribution in [1.82, 2.24) is 0 Å². The van der Waals surface area contributed by atoms with Gasteiger partial charge in [0.15, 0.2) is 6.10 Å². The van der Waals surface area contributed by atoms with Gasteiger partial charge in [-0.3, -0.25) is 14.4 Å². The molecular weight excluding hydrogens is 997 g/mol. The predicted octanol–water partition coefficient (Wildman–Crippen LogP) is 22.9. The van der Waals surface area contributed by atoms with Crippen LogP contribution < -0.4 is 0 Å². The number of unbranched alkanes of at least 4 members (excludes halogenated alkanes) is 21. The molecule has 0 aromatic rings. The molecule has 0 fully saturated rings. The maximum Gasteiger partial charge on any atom is 0.306 e. The average Bonchev–Trinajstić information content (AvgIpc) is 3.46. The first kappa shape index (κ1) is 76.0. The van der Waals surface area contributed by atoms with Crippen molar-refractivity contribution in [3.63, 3.8) is 0 Å². The van der Waals surface area contributed by atoms with Crippen LogP contribution in [0, 0.1) is 0 Å². The maximum absolute atomic E-state index is 12.9. The summed E-state index contributed by atoms with van der Waals surface area (Å²) in [7, 11) is 0. The molecule has 1 atom stereocenters. The molecule has 0 saturated carbocycles. The molecule has 0 radical (unpaired) electrons. The van der Waals surface area contributed by atoms with Crippen LogP contribution in [0.4, 0.5) is 0 Å². The fourth-order valence-corrected chi connectivity index (χ4v) is 8.71. The molecule has 6 heteroatoms. The normalized spacial score (nSPS) is 13.2. The van der Waals surface area contributed by atoms with Gasteiger partial charge < -0.3 is 14.2 Å². The number of carbonyl (C=O) groups is 3. The smallest absolute Gasteiger partial charge is 0.306 e. The standard InChI is InChI=1S/C75H120O6/c1-4-7-10-13-16-19-22-25-27-29-31-33-34-35-36-37-38-39-40-42-43-45-47-50-53-56-59-62-65-68-74(77)80-71-72(70-79-73(76)67-64-61-58-55-52-49-24-21-18-15-12-9-6-3)81-75(78)69-66-63-60-57-54-51-48-46-44-41-32-30-28-26-23-20-17-14-11-8-5-2/h7-12,16-21,25-28,31-33,41,46,48-49,52,58,61,72H,4-6,13-15,22-24,29-30,34-40,42-45,47,50-51,53-57,59-60,62-71H2,1-3H3/b10-7-,11-8-,12-9-,19-16-,20-17-,21-18-,27-25-,28-26-,33-31-,41-32-,48-46-,52-49-,61-58-. The molecule has 0 aromatic heterocycles. The molecular formula is C75H120O6. The fourth-order valence-electron chi connectivity index (χ4n) is 8.71. The predicted molar refractivity (Wildman–Crippen MR) is 352 cm³/mol. The topological polar surface area (TPSA) is 78.9 Å². The Hall–Kier alpha value is -4.97. The minimum Gasteiger partial charge on any atom is -0.462 e. The molecule has 0 aliphatic carbocycles. The highest BCUT2D eigenvalue weighted by molar-refractivity contribution is 5.71.